The van der Waals surface area contributed by atoms with Crippen LogP contribution in [0.1, 0.15) is 5.82 Å². The molecule has 2 aromatic heterocycles. The summed E-state index contributed by atoms with van der Waals surface area (Å²) in [4.78, 5) is 16.4. The lowest BCUT2D eigenvalue weighted by atomic mass is 10.3. The van der Waals surface area contributed by atoms with E-state index < -0.39 is 10.0 Å². The van der Waals surface area contributed by atoms with Gasteiger partial charge in [0.1, 0.15) is 0 Å². The minimum Gasteiger partial charge on any atom is -0.306 e. The van der Waals surface area contributed by atoms with Crippen LogP contribution < -0.4 is 5.69 Å². The molecule has 0 saturated heterocycles. The van der Waals surface area contributed by atoms with E-state index >= 15 is 0 Å². The fourth-order valence-corrected chi connectivity index (χ4v) is 3.17. The van der Waals surface area contributed by atoms with Gasteiger partial charge in [-0.1, -0.05) is 0 Å². The van der Waals surface area contributed by atoms with E-state index in [0.717, 1.165) is 4.31 Å². The Bertz CT molecular complexity index is 984. The molecule has 116 valence electrons. The summed E-state index contributed by atoms with van der Waals surface area (Å²) in [6, 6.07) is 4.39. The van der Waals surface area contributed by atoms with Crippen molar-refractivity contribution in [1.82, 2.24) is 34.5 Å². The van der Waals surface area contributed by atoms with Crippen molar-refractivity contribution in [2.75, 3.05) is 7.05 Å². The molecule has 0 fully saturated rings. The summed E-state index contributed by atoms with van der Waals surface area (Å²) in [5, 5.41) is 10.9. The van der Waals surface area contributed by atoms with Crippen LogP contribution in [0.2, 0.25) is 0 Å². The fraction of sp³-hybridized carbons (Fsp3) is 0.273. The molecule has 0 radical (unpaired) electrons. The van der Waals surface area contributed by atoms with Crippen LogP contribution in [0, 0.1) is 0 Å². The molecule has 0 unspecified atom stereocenters. The van der Waals surface area contributed by atoms with Crippen molar-refractivity contribution >= 4 is 21.1 Å². The molecule has 0 bridgehead atoms. The molecule has 0 aliphatic rings. The second-order valence-corrected chi connectivity index (χ2v) is 6.81. The first-order valence-electron chi connectivity index (χ1n) is 6.27. The third kappa shape index (κ3) is 2.40. The van der Waals surface area contributed by atoms with Crippen LogP contribution in [0.5, 0.6) is 0 Å². The molecule has 0 spiro atoms. The van der Waals surface area contributed by atoms with Gasteiger partial charge in [0.05, 0.1) is 22.5 Å². The van der Waals surface area contributed by atoms with Crippen LogP contribution in [0.15, 0.2) is 27.9 Å². The number of fused-ring (bicyclic) bond motifs is 1. The highest BCUT2D eigenvalue weighted by Gasteiger charge is 2.23. The van der Waals surface area contributed by atoms with E-state index in [4.69, 9.17) is 0 Å². The molecular weight excluding hydrogens is 310 g/mol. The number of aryl methyl sites for hydroxylation is 1. The molecule has 3 rings (SSSR count). The van der Waals surface area contributed by atoms with Gasteiger partial charge in [-0.05, 0) is 28.6 Å². The summed E-state index contributed by atoms with van der Waals surface area (Å²) < 4.78 is 27.7. The minimum absolute atomic E-state index is 0.0352. The number of aromatic amines is 2. The minimum atomic E-state index is -3.73. The van der Waals surface area contributed by atoms with Crippen molar-refractivity contribution in [3.05, 3.63) is 34.5 Å². The van der Waals surface area contributed by atoms with Crippen molar-refractivity contribution in [2.45, 2.75) is 11.4 Å². The van der Waals surface area contributed by atoms with E-state index in [1.54, 1.807) is 7.05 Å². The molecule has 3 aromatic rings. The van der Waals surface area contributed by atoms with Crippen LogP contribution in [0.4, 0.5) is 0 Å². The van der Waals surface area contributed by atoms with Gasteiger partial charge in [-0.2, -0.15) is 4.31 Å². The molecule has 11 heteroatoms. The molecule has 0 aliphatic carbocycles. The SMILES string of the molecule is CN(Cc1nnnn1C)S(=O)(=O)c1ccc2[nH]c(=O)[nH]c2c1. The monoisotopic (exact) mass is 323 g/mol. The first kappa shape index (κ1) is 14.4. The van der Waals surface area contributed by atoms with Gasteiger partial charge < -0.3 is 9.97 Å². The van der Waals surface area contributed by atoms with Crippen molar-refractivity contribution in [1.29, 1.82) is 0 Å². The Hall–Kier alpha value is -2.53. The first-order chi connectivity index (χ1) is 10.4. The molecule has 1 aromatic carbocycles. The van der Waals surface area contributed by atoms with Crippen molar-refractivity contribution in [2.24, 2.45) is 7.05 Å². The fourth-order valence-electron chi connectivity index (χ4n) is 2.02. The number of nitrogens with one attached hydrogen (secondary N) is 2. The Kier molecular flexibility index (Phi) is 3.30. The molecule has 10 nitrogen and oxygen atoms in total. The topological polar surface area (TPSA) is 130 Å². The van der Waals surface area contributed by atoms with E-state index in [9.17, 15) is 13.2 Å². The predicted octanol–water partition coefficient (Wildman–Crippen LogP) is -0.800. The third-order valence-corrected chi connectivity index (χ3v) is 5.07. The van der Waals surface area contributed by atoms with Gasteiger partial charge in [-0.3, -0.25) is 0 Å². The summed E-state index contributed by atoms with van der Waals surface area (Å²) in [6.45, 7) is 0.0352. The largest absolute Gasteiger partial charge is 0.323 e. The average molecular weight is 323 g/mol. The number of benzene rings is 1. The molecule has 0 atom stereocenters. The normalized spacial score (nSPS) is 12.3. The van der Waals surface area contributed by atoms with Gasteiger partial charge in [0.25, 0.3) is 0 Å². The van der Waals surface area contributed by atoms with Gasteiger partial charge in [0.2, 0.25) is 10.0 Å². The number of imidazole rings is 1. The molecule has 2 heterocycles. The Morgan fingerprint density at radius 3 is 2.68 bits per heavy atom. The number of tetrazole rings is 1. The van der Waals surface area contributed by atoms with E-state index in [-0.39, 0.29) is 17.1 Å². The Morgan fingerprint density at radius 2 is 2.00 bits per heavy atom. The number of rotatable bonds is 4. The van der Waals surface area contributed by atoms with Crippen molar-refractivity contribution in [3.8, 4) is 0 Å². The van der Waals surface area contributed by atoms with Crippen LogP contribution in [0.25, 0.3) is 11.0 Å². The zero-order valence-electron chi connectivity index (χ0n) is 11.8. The smallest absolute Gasteiger partial charge is 0.306 e. The van der Waals surface area contributed by atoms with E-state index in [1.165, 1.54) is 29.9 Å². The number of sulfonamides is 1. The van der Waals surface area contributed by atoms with Crippen LogP contribution in [0.3, 0.4) is 0 Å². The second-order valence-electron chi connectivity index (χ2n) is 4.77. The van der Waals surface area contributed by atoms with Crippen LogP contribution in [-0.4, -0.2) is 49.9 Å². The number of aromatic nitrogens is 6. The quantitative estimate of drug-likeness (QED) is 0.646. The maximum absolute atomic E-state index is 12.6. The highest BCUT2D eigenvalue weighted by atomic mass is 32.2. The molecule has 0 aliphatic heterocycles. The van der Waals surface area contributed by atoms with E-state index in [2.05, 4.69) is 25.5 Å². The molecular formula is C11H13N7O3S. The summed E-state index contributed by atoms with van der Waals surface area (Å²) >= 11 is 0. The Morgan fingerprint density at radius 1 is 1.27 bits per heavy atom. The lowest BCUT2D eigenvalue weighted by molar-refractivity contribution is 0.447. The van der Waals surface area contributed by atoms with Crippen LogP contribution in [-0.2, 0) is 23.6 Å². The molecule has 0 amide bonds. The van der Waals surface area contributed by atoms with Crippen LogP contribution >= 0.6 is 0 Å². The maximum Gasteiger partial charge on any atom is 0.323 e. The van der Waals surface area contributed by atoms with Gasteiger partial charge in [-0.15, -0.1) is 5.10 Å². The van der Waals surface area contributed by atoms with Crippen molar-refractivity contribution < 1.29 is 8.42 Å². The Labute approximate surface area is 124 Å². The molecule has 22 heavy (non-hydrogen) atoms. The third-order valence-electron chi connectivity index (χ3n) is 3.27. The standard InChI is InChI=1S/C11H13N7O3S/c1-17(6-10-14-15-16-18(10)2)22(20,21)7-3-4-8-9(5-7)13-11(19)12-8/h3-5H,6H2,1-2H3,(H2,12,13,19). The molecule has 2 N–H and O–H groups in total. The van der Waals surface area contributed by atoms with Crippen molar-refractivity contribution in [3.63, 3.8) is 0 Å². The number of hydrogen-bond acceptors (Lipinski definition) is 6. The highest BCUT2D eigenvalue weighted by Crippen LogP contribution is 2.19. The van der Waals surface area contributed by atoms with Gasteiger partial charge >= 0.3 is 5.69 Å². The number of nitrogens with zero attached hydrogens (tertiary/aromatic N) is 5. The predicted molar refractivity (Wildman–Crippen MR) is 76.4 cm³/mol. The average Bonchev–Trinajstić information content (AvgIpc) is 3.03. The number of hydrogen-bond donors (Lipinski definition) is 2. The highest BCUT2D eigenvalue weighted by molar-refractivity contribution is 7.89. The summed E-state index contributed by atoms with van der Waals surface area (Å²) in [5.41, 5.74) is 0.590. The summed E-state index contributed by atoms with van der Waals surface area (Å²) in [6.07, 6.45) is 0. The lowest BCUT2D eigenvalue weighted by Gasteiger charge is -2.16. The zero-order valence-corrected chi connectivity index (χ0v) is 12.6. The molecule has 0 saturated carbocycles. The van der Waals surface area contributed by atoms with E-state index in [1.807, 2.05) is 0 Å². The number of H-pyrrole nitrogens is 2. The Balaban J connectivity index is 1.96. The zero-order chi connectivity index (χ0) is 15.9. The second kappa shape index (κ2) is 5.03. The summed E-state index contributed by atoms with van der Waals surface area (Å²) in [5.74, 6) is 0.419. The maximum atomic E-state index is 12.6. The van der Waals surface area contributed by atoms with E-state index in [0.29, 0.717) is 16.9 Å². The van der Waals surface area contributed by atoms with Gasteiger partial charge in [-0.25, -0.2) is 17.9 Å². The van der Waals surface area contributed by atoms with Gasteiger partial charge in [0.15, 0.2) is 5.82 Å². The summed E-state index contributed by atoms with van der Waals surface area (Å²) in [7, 11) is -0.656. The van der Waals surface area contributed by atoms with Gasteiger partial charge in [0, 0.05) is 14.1 Å². The first-order valence-corrected chi connectivity index (χ1v) is 7.71. The lowest BCUT2D eigenvalue weighted by Crippen LogP contribution is -2.27.